The lowest BCUT2D eigenvalue weighted by atomic mass is 10.2. The lowest BCUT2D eigenvalue weighted by Crippen LogP contribution is -2.05. The third-order valence-electron chi connectivity index (χ3n) is 2.02. The first-order chi connectivity index (χ1) is 7.26. The monoisotopic (exact) mass is 204 g/mol. The van der Waals surface area contributed by atoms with E-state index in [1.54, 1.807) is 7.11 Å². The lowest BCUT2D eigenvalue weighted by molar-refractivity contribution is 0.414. The maximum absolute atomic E-state index is 7.00. The van der Waals surface area contributed by atoms with Gasteiger partial charge in [-0.15, -0.1) is 0 Å². The molecule has 0 unspecified atom stereocenters. The van der Waals surface area contributed by atoms with E-state index in [1.807, 2.05) is 37.4 Å². The van der Waals surface area contributed by atoms with Gasteiger partial charge in [-0.05, 0) is 30.2 Å². The highest BCUT2D eigenvalue weighted by Crippen LogP contribution is 2.10. The van der Waals surface area contributed by atoms with Gasteiger partial charge in [0.1, 0.15) is 5.75 Å². The summed E-state index contributed by atoms with van der Waals surface area (Å²) in [5.41, 5.74) is 2.09. The smallest absolute Gasteiger partial charge is 0.118 e. The zero-order valence-corrected chi connectivity index (χ0v) is 9.08. The molecule has 0 heterocycles. The summed E-state index contributed by atoms with van der Waals surface area (Å²) in [6.45, 7) is 2.64. The second-order valence-corrected chi connectivity index (χ2v) is 3.26. The Bertz CT molecular complexity index is 341. The summed E-state index contributed by atoms with van der Waals surface area (Å²) in [6.07, 6.45) is 3.15. The first-order valence-electron chi connectivity index (χ1n) is 4.80. The van der Waals surface area contributed by atoms with Crippen LogP contribution < -0.4 is 10.1 Å². The molecule has 80 valence electrons. The number of nitrogens with one attached hydrogen (secondary N) is 2. The predicted molar refractivity (Wildman–Crippen MR) is 62.4 cm³/mol. The molecule has 0 spiro atoms. The van der Waals surface area contributed by atoms with Gasteiger partial charge in [0.25, 0.3) is 0 Å². The molecular weight excluding hydrogens is 188 g/mol. The summed E-state index contributed by atoms with van der Waals surface area (Å²) in [4.78, 5) is 0. The standard InChI is InChI=1S/C12H16N2O/c1-10(7-13)8-14-9-11-3-5-12(15-2)6-4-11/h3-8,13-14H,9H2,1-2H3/b10-8-,13-7?. The highest BCUT2D eigenvalue weighted by molar-refractivity contribution is 5.74. The Kier molecular flexibility index (Phi) is 4.41. The third-order valence-corrected chi connectivity index (χ3v) is 2.02. The molecule has 0 atom stereocenters. The van der Waals surface area contributed by atoms with E-state index in [2.05, 4.69) is 5.32 Å². The van der Waals surface area contributed by atoms with Crippen LogP contribution in [-0.4, -0.2) is 13.3 Å². The molecule has 1 aromatic carbocycles. The summed E-state index contributed by atoms with van der Waals surface area (Å²) in [7, 11) is 1.66. The second-order valence-electron chi connectivity index (χ2n) is 3.26. The molecule has 3 heteroatoms. The van der Waals surface area contributed by atoms with Crippen molar-refractivity contribution in [2.75, 3.05) is 7.11 Å². The van der Waals surface area contributed by atoms with Crippen LogP contribution in [0.2, 0.25) is 0 Å². The molecule has 0 saturated heterocycles. The Morgan fingerprint density at radius 2 is 2.07 bits per heavy atom. The normalized spacial score (nSPS) is 10.9. The van der Waals surface area contributed by atoms with Gasteiger partial charge in [-0.1, -0.05) is 12.1 Å². The number of rotatable bonds is 5. The molecule has 15 heavy (non-hydrogen) atoms. The van der Waals surface area contributed by atoms with E-state index in [4.69, 9.17) is 10.1 Å². The molecule has 0 amide bonds. The van der Waals surface area contributed by atoms with E-state index in [-0.39, 0.29) is 0 Å². The van der Waals surface area contributed by atoms with Crippen LogP contribution in [0.15, 0.2) is 36.0 Å². The molecule has 0 aliphatic heterocycles. The summed E-state index contributed by atoms with van der Waals surface area (Å²) in [6, 6.07) is 7.90. The van der Waals surface area contributed by atoms with Gasteiger partial charge in [-0.3, -0.25) is 0 Å². The van der Waals surface area contributed by atoms with Crippen LogP contribution in [0.4, 0.5) is 0 Å². The Morgan fingerprint density at radius 1 is 1.40 bits per heavy atom. The van der Waals surface area contributed by atoms with Crippen LogP contribution in [0.3, 0.4) is 0 Å². The van der Waals surface area contributed by atoms with Crippen LogP contribution in [0.1, 0.15) is 12.5 Å². The Labute approximate surface area is 90.3 Å². The first kappa shape index (κ1) is 11.3. The van der Waals surface area contributed by atoms with Crippen LogP contribution in [-0.2, 0) is 6.54 Å². The first-order valence-corrected chi connectivity index (χ1v) is 4.80. The number of benzene rings is 1. The molecule has 1 rings (SSSR count). The van der Waals surface area contributed by atoms with Crippen molar-refractivity contribution in [2.24, 2.45) is 0 Å². The van der Waals surface area contributed by atoms with E-state index in [9.17, 15) is 0 Å². The molecule has 0 aliphatic carbocycles. The molecule has 3 nitrogen and oxygen atoms in total. The molecule has 1 aromatic rings. The number of hydrogen-bond acceptors (Lipinski definition) is 3. The summed E-state index contributed by atoms with van der Waals surface area (Å²) >= 11 is 0. The molecule has 0 radical (unpaired) electrons. The topological polar surface area (TPSA) is 45.1 Å². The van der Waals surface area contributed by atoms with Crippen molar-refractivity contribution in [2.45, 2.75) is 13.5 Å². The minimum Gasteiger partial charge on any atom is -0.497 e. The fraction of sp³-hybridized carbons (Fsp3) is 0.250. The zero-order chi connectivity index (χ0) is 11.1. The molecular formula is C12H16N2O. The van der Waals surface area contributed by atoms with Crippen molar-refractivity contribution < 1.29 is 4.74 Å². The van der Waals surface area contributed by atoms with Crippen LogP contribution >= 0.6 is 0 Å². The fourth-order valence-corrected chi connectivity index (χ4v) is 1.11. The quantitative estimate of drug-likeness (QED) is 0.723. The minimum atomic E-state index is 0.759. The minimum absolute atomic E-state index is 0.759. The molecule has 0 bridgehead atoms. The van der Waals surface area contributed by atoms with E-state index >= 15 is 0 Å². The number of allylic oxidation sites excluding steroid dienone is 1. The van der Waals surface area contributed by atoms with Gasteiger partial charge in [0.15, 0.2) is 0 Å². The van der Waals surface area contributed by atoms with Crippen LogP contribution in [0, 0.1) is 5.41 Å². The van der Waals surface area contributed by atoms with E-state index in [0.717, 1.165) is 17.9 Å². The number of ether oxygens (including phenoxy) is 1. The molecule has 2 N–H and O–H groups in total. The van der Waals surface area contributed by atoms with Crippen molar-refractivity contribution in [1.82, 2.24) is 5.32 Å². The highest BCUT2D eigenvalue weighted by Gasteiger charge is 1.92. The maximum Gasteiger partial charge on any atom is 0.118 e. The molecule has 0 aliphatic rings. The summed E-state index contributed by atoms with van der Waals surface area (Å²) in [5, 5.41) is 10.1. The van der Waals surface area contributed by atoms with Crippen molar-refractivity contribution in [3.63, 3.8) is 0 Å². The van der Waals surface area contributed by atoms with Gasteiger partial charge in [-0.25, -0.2) is 0 Å². The Hall–Kier alpha value is -1.77. The van der Waals surface area contributed by atoms with Crippen molar-refractivity contribution in [3.8, 4) is 5.75 Å². The van der Waals surface area contributed by atoms with Gasteiger partial charge in [0, 0.05) is 19.0 Å². The average molecular weight is 204 g/mol. The van der Waals surface area contributed by atoms with Crippen molar-refractivity contribution >= 4 is 6.21 Å². The van der Waals surface area contributed by atoms with Gasteiger partial charge < -0.3 is 15.5 Å². The Morgan fingerprint density at radius 3 is 2.60 bits per heavy atom. The lowest BCUT2D eigenvalue weighted by Gasteiger charge is -2.03. The Balaban J connectivity index is 2.47. The van der Waals surface area contributed by atoms with Gasteiger partial charge >= 0.3 is 0 Å². The highest BCUT2D eigenvalue weighted by atomic mass is 16.5. The van der Waals surface area contributed by atoms with E-state index in [1.165, 1.54) is 11.8 Å². The fourth-order valence-electron chi connectivity index (χ4n) is 1.11. The van der Waals surface area contributed by atoms with Crippen LogP contribution in [0.5, 0.6) is 5.75 Å². The number of methoxy groups -OCH3 is 1. The zero-order valence-electron chi connectivity index (χ0n) is 9.08. The predicted octanol–water partition coefficient (Wildman–Crippen LogP) is 2.34. The van der Waals surface area contributed by atoms with Crippen molar-refractivity contribution in [1.29, 1.82) is 5.41 Å². The third kappa shape index (κ3) is 3.85. The molecule has 0 saturated carbocycles. The van der Waals surface area contributed by atoms with Crippen molar-refractivity contribution in [3.05, 3.63) is 41.6 Å². The van der Waals surface area contributed by atoms with Gasteiger partial charge in [-0.2, -0.15) is 0 Å². The van der Waals surface area contributed by atoms with Gasteiger partial charge in [0.2, 0.25) is 0 Å². The molecule has 0 aromatic heterocycles. The summed E-state index contributed by atoms with van der Waals surface area (Å²) in [5.74, 6) is 0.866. The largest absolute Gasteiger partial charge is 0.497 e. The number of hydrogen-bond donors (Lipinski definition) is 2. The SMILES string of the molecule is COc1ccc(CN/C=C(/C)C=N)cc1. The van der Waals surface area contributed by atoms with E-state index in [0.29, 0.717) is 0 Å². The van der Waals surface area contributed by atoms with E-state index < -0.39 is 0 Å². The maximum atomic E-state index is 7.00. The second kappa shape index (κ2) is 5.86. The van der Waals surface area contributed by atoms with Crippen LogP contribution in [0.25, 0.3) is 0 Å². The van der Waals surface area contributed by atoms with Gasteiger partial charge in [0.05, 0.1) is 7.11 Å². The summed E-state index contributed by atoms with van der Waals surface area (Å²) < 4.78 is 5.07. The average Bonchev–Trinajstić information content (AvgIpc) is 2.29. The molecule has 0 fully saturated rings.